The predicted octanol–water partition coefficient (Wildman–Crippen LogP) is 3.77. The molecule has 0 fully saturated rings. The molecule has 0 aliphatic heterocycles. The number of aromatic nitrogens is 2. The number of rotatable bonds is 7. The molecule has 0 atom stereocenters. The zero-order valence-corrected chi connectivity index (χ0v) is 16.3. The van der Waals surface area contributed by atoms with E-state index in [-0.39, 0.29) is 34.6 Å². The number of nitrogen functional groups attached to an aromatic ring is 1. The normalized spacial score (nSPS) is 10.3. The number of carbonyl (C=O) groups excluding carboxylic acids is 1. The largest absolute Gasteiger partial charge is 0.482 e. The molecular weight excluding hydrogens is 422 g/mol. The van der Waals surface area contributed by atoms with E-state index < -0.39 is 11.7 Å². The van der Waals surface area contributed by atoms with Gasteiger partial charge in [0.05, 0.1) is 10.7 Å². The maximum atomic E-state index is 13.8. The van der Waals surface area contributed by atoms with Gasteiger partial charge in [0.25, 0.3) is 5.91 Å². The Balaban J connectivity index is 1.59. The summed E-state index contributed by atoms with van der Waals surface area (Å²) in [5.41, 5.74) is 11.2. The first kappa shape index (κ1) is 20.4. The molecule has 1 heterocycles. The van der Waals surface area contributed by atoms with Crippen LogP contribution in [0.3, 0.4) is 0 Å². The summed E-state index contributed by atoms with van der Waals surface area (Å²) in [4.78, 5) is 19.9. The summed E-state index contributed by atoms with van der Waals surface area (Å²) in [5.74, 6) is -0.379. The van der Waals surface area contributed by atoms with Crippen molar-refractivity contribution < 1.29 is 13.9 Å². The van der Waals surface area contributed by atoms with Crippen LogP contribution in [0.25, 0.3) is 0 Å². The number of benzene rings is 2. The molecule has 3 rings (SSSR count). The van der Waals surface area contributed by atoms with E-state index in [9.17, 15) is 9.18 Å². The van der Waals surface area contributed by atoms with Crippen molar-refractivity contribution in [1.29, 1.82) is 0 Å². The zero-order valence-electron chi connectivity index (χ0n) is 14.7. The van der Waals surface area contributed by atoms with E-state index in [0.29, 0.717) is 10.8 Å². The van der Waals surface area contributed by atoms with Gasteiger partial charge in [-0.15, -0.1) is 0 Å². The average Bonchev–Trinajstić information content (AvgIpc) is 2.69. The number of carbonyl (C=O) groups is 1. The van der Waals surface area contributed by atoms with Crippen molar-refractivity contribution in [3.05, 3.63) is 64.7 Å². The van der Waals surface area contributed by atoms with E-state index >= 15 is 0 Å². The Labute approximate surface area is 175 Å². The fourth-order valence-corrected chi connectivity index (χ4v) is 2.65. The Kier molecular flexibility index (Phi) is 6.53. The monoisotopic (exact) mass is 436 g/mol. The van der Waals surface area contributed by atoms with Crippen molar-refractivity contribution in [1.82, 2.24) is 15.4 Å². The van der Waals surface area contributed by atoms with Crippen LogP contribution in [0.1, 0.15) is 0 Å². The van der Waals surface area contributed by atoms with Crippen LogP contribution in [0.2, 0.25) is 10.0 Å². The first-order valence-electron chi connectivity index (χ1n) is 8.19. The SMILES string of the molecule is Nc1c(NNC(=O)COc2ccc(Cl)cc2Cl)ncnc1Nc1ccccc1F. The average molecular weight is 437 g/mol. The van der Waals surface area contributed by atoms with Crippen molar-refractivity contribution in [3.8, 4) is 5.75 Å². The van der Waals surface area contributed by atoms with Crippen molar-refractivity contribution in [2.75, 3.05) is 23.1 Å². The first-order chi connectivity index (χ1) is 13.9. The predicted molar refractivity (Wildman–Crippen MR) is 110 cm³/mol. The van der Waals surface area contributed by atoms with Crippen LogP contribution in [-0.4, -0.2) is 22.5 Å². The third-order valence-electron chi connectivity index (χ3n) is 3.58. The van der Waals surface area contributed by atoms with Crippen LogP contribution in [0.5, 0.6) is 5.75 Å². The number of amides is 1. The highest BCUT2D eigenvalue weighted by Crippen LogP contribution is 2.28. The Hall–Kier alpha value is -3.30. The third kappa shape index (κ3) is 5.37. The van der Waals surface area contributed by atoms with E-state index in [2.05, 4.69) is 26.1 Å². The van der Waals surface area contributed by atoms with Crippen LogP contribution >= 0.6 is 23.2 Å². The molecule has 0 spiro atoms. The maximum absolute atomic E-state index is 13.8. The number of nitrogens with one attached hydrogen (secondary N) is 3. The summed E-state index contributed by atoms with van der Waals surface area (Å²) in [6.07, 6.45) is 1.21. The minimum atomic E-state index is -0.516. The molecule has 5 N–H and O–H groups in total. The molecular formula is C18H15Cl2FN6O2. The molecule has 150 valence electrons. The molecule has 0 aliphatic carbocycles. The second-order valence-electron chi connectivity index (χ2n) is 5.63. The van der Waals surface area contributed by atoms with Gasteiger partial charge in [-0.3, -0.25) is 15.6 Å². The molecule has 0 aliphatic rings. The van der Waals surface area contributed by atoms with Crippen molar-refractivity contribution >= 4 is 52.1 Å². The lowest BCUT2D eigenvalue weighted by atomic mass is 10.3. The van der Waals surface area contributed by atoms with Crippen LogP contribution in [0.15, 0.2) is 48.8 Å². The standard InChI is InChI=1S/C18H15Cl2FN6O2/c19-10-5-6-14(11(20)7-10)29-8-15(28)26-27-18-16(22)17(23-9-24-18)25-13-4-2-1-3-12(13)21/h1-7,9H,8,22H2,(H,26,28)(H2,23,24,25,27). The lowest BCUT2D eigenvalue weighted by molar-refractivity contribution is -0.122. The maximum Gasteiger partial charge on any atom is 0.276 e. The topological polar surface area (TPSA) is 114 Å². The van der Waals surface area contributed by atoms with Gasteiger partial charge in [0.15, 0.2) is 18.2 Å². The second kappa shape index (κ2) is 9.26. The summed E-state index contributed by atoms with van der Waals surface area (Å²) in [6.45, 7) is -0.320. The lowest BCUT2D eigenvalue weighted by Gasteiger charge is -2.14. The van der Waals surface area contributed by atoms with Gasteiger partial charge in [0.1, 0.15) is 23.6 Å². The van der Waals surface area contributed by atoms with E-state index in [1.807, 2.05) is 0 Å². The number of hydrogen-bond donors (Lipinski definition) is 4. The van der Waals surface area contributed by atoms with E-state index in [1.54, 1.807) is 24.3 Å². The summed E-state index contributed by atoms with van der Waals surface area (Å²) in [7, 11) is 0. The Bertz CT molecular complexity index is 1040. The van der Waals surface area contributed by atoms with Gasteiger partial charge in [-0.05, 0) is 30.3 Å². The van der Waals surface area contributed by atoms with Gasteiger partial charge in [-0.1, -0.05) is 35.3 Å². The summed E-state index contributed by atoms with van der Waals surface area (Å²) in [5, 5.41) is 3.50. The number of hydrazine groups is 1. The summed E-state index contributed by atoms with van der Waals surface area (Å²) >= 11 is 11.8. The van der Waals surface area contributed by atoms with E-state index in [0.717, 1.165) is 0 Å². The van der Waals surface area contributed by atoms with E-state index in [4.69, 9.17) is 33.7 Å². The highest BCUT2D eigenvalue weighted by atomic mass is 35.5. The molecule has 0 bridgehead atoms. The van der Waals surface area contributed by atoms with E-state index in [1.165, 1.54) is 24.5 Å². The number of nitrogens with zero attached hydrogens (tertiary/aromatic N) is 2. The molecule has 11 heteroatoms. The Morgan fingerprint density at radius 1 is 1.14 bits per heavy atom. The Morgan fingerprint density at radius 3 is 2.66 bits per heavy atom. The minimum Gasteiger partial charge on any atom is -0.482 e. The van der Waals surface area contributed by atoms with Gasteiger partial charge < -0.3 is 15.8 Å². The van der Waals surface area contributed by atoms with Gasteiger partial charge in [-0.25, -0.2) is 14.4 Å². The summed E-state index contributed by atoms with van der Waals surface area (Å²) in [6, 6.07) is 10.7. The van der Waals surface area contributed by atoms with Crippen LogP contribution in [0, 0.1) is 5.82 Å². The molecule has 1 amide bonds. The van der Waals surface area contributed by atoms with Crippen molar-refractivity contribution in [2.45, 2.75) is 0 Å². The van der Waals surface area contributed by atoms with Gasteiger partial charge in [0.2, 0.25) is 0 Å². The van der Waals surface area contributed by atoms with Crippen LogP contribution in [0.4, 0.5) is 27.4 Å². The number of halogens is 3. The third-order valence-corrected chi connectivity index (χ3v) is 4.11. The van der Waals surface area contributed by atoms with Gasteiger partial charge in [-0.2, -0.15) is 0 Å². The van der Waals surface area contributed by atoms with Crippen molar-refractivity contribution in [3.63, 3.8) is 0 Å². The quantitative estimate of drug-likeness (QED) is 0.416. The molecule has 1 aromatic heterocycles. The molecule has 0 saturated heterocycles. The molecule has 2 aromatic carbocycles. The lowest BCUT2D eigenvalue weighted by Crippen LogP contribution is -2.34. The second-order valence-corrected chi connectivity index (χ2v) is 6.47. The number of para-hydroxylation sites is 1. The highest BCUT2D eigenvalue weighted by Gasteiger charge is 2.12. The summed E-state index contributed by atoms with van der Waals surface area (Å²) < 4.78 is 19.1. The molecule has 0 unspecified atom stereocenters. The fraction of sp³-hybridized carbons (Fsp3) is 0.0556. The Morgan fingerprint density at radius 2 is 1.90 bits per heavy atom. The van der Waals surface area contributed by atoms with Crippen LogP contribution in [-0.2, 0) is 4.79 Å². The smallest absolute Gasteiger partial charge is 0.276 e. The van der Waals surface area contributed by atoms with Crippen LogP contribution < -0.4 is 26.6 Å². The number of anilines is 4. The van der Waals surface area contributed by atoms with Gasteiger partial charge in [0, 0.05) is 5.02 Å². The minimum absolute atomic E-state index is 0.0812. The zero-order chi connectivity index (χ0) is 20.8. The molecule has 29 heavy (non-hydrogen) atoms. The molecule has 0 saturated carbocycles. The number of ether oxygens (including phenoxy) is 1. The van der Waals surface area contributed by atoms with Crippen molar-refractivity contribution in [2.24, 2.45) is 0 Å². The fourth-order valence-electron chi connectivity index (χ4n) is 2.19. The first-order valence-corrected chi connectivity index (χ1v) is 8.94. The number of hydrogen-bond acceptors (Lipinski definition) is 7. The highest BCUT2D eigenvalue weighted by molar-refractivity contribution is 6.35. The van der Waals surface area contributed by atoms with Gasteiger partial charge >= 0.3 is 0 Å². The number of nitrogens with two attached hydrogens (primary N) is 1. The molecule has 8 nitrogen and oxygen atoms in total. The molecule has 0 radical (unpaired) electrons. The molecule has 3 aromatic rings.